The molecule has 0 heterocycles. The Hall–Kier alpha value is -1.11. The van der Waals surface area contributed by atoms with Crippen LogP contribution in [0.2, 0.25) is 0 Å². The number of carbonyl (C=O) groups excluding carboxylic acids is 1. The van der Waals surface area contributed by atoms with Gasteiger partial charge in [-0.2, -0.15) is 13.2 Å². The molecule has 0 saturated carbocycles. The predicted octanol–water partition coefficient (Wildman–Crippen LogP) is 4.09. The minimum atomic E-state index is -4.82. The number of hydrogen-bond acceptors (Lipinski definition) is 1. The van der Waals surface area contributed by atoms with E-state index in [-0.39, 0.29) is 11.6 Å². The Bertz CT molecular complexity index is 488. The van der Waals surface area contributed by atoms with Gasteiger partial charge in [0.05, 0.1) is 5.56 Å². The van der Waals surface area contributed by atoms with Crippen LogP contribution in [0.4, 0.5) is 17.6 Å². The molecule has 0 aromatic heterocycles. The first kappa shape index (κ1) is 16.9. The van der Waals surface area contributed by atoms with Crippen LogP contribution in [-0.4, -0.2) is 28.7 Å². The first-order valence-electron chi connectivity index (χ1n) is 5.92. The third kappa shape index (κ3) is 3.94. The summed E-state index contributed by atoms with van der Waals surface area (Å²) in [4.78, 5) is 13.6. The van der Waals surface area contributed by atoms with Crippen molar-refractivity contribution in [2.75, 3.05) is 11.9 Å². The maximum atomic E-state index is 13.2. The summed E-state index contributed by atoms with van der Waals surface area (Å²) in [6.07, 6.45) is -4.82. The molecule has 0 atom stereocenters. The summed E-state index contributed by atoms with van der Waals surface area (Å²) in [5.41, 5.74) is -1.60. The lowest BCUT2D eigenvalue weighted by Crippen LogP contribution is -2.38. The monoisotopic (exact) mass is 355 g/mol. The molecule has 1 aromatic carbocycles. The topological polar surface area (TPSA) is 20.3 Å². The smallest absolute Gasteiger partial charge is 0.335 e. The molecular weight excluding hydrogens is 342 g/mol. The summed E-state index contributed by atoms with van der Waals surface area (Å²) < 4.78 is 51.1. The number of halogens is 5. The molecule has 7 heteroatoms. The first-order valence-corrected chi connectivity index (χ1v) is 7.04. The standard InChI is InChI=1S/C13H14BrF4NO/c1-8(2)19(6-5-14)12(20)9-3-4-11(15)10(7-9)13(16,17)18/h3-4,7-8H,5-6H2,1-2H3. The molecule has 0 saturated heterocycles. The summed E-state index contributed by atoms with van der Waals surface area (Å²) in [6, 6.07) is 2.12. The molecule has 2 nitrogen and oxygen atoms in total. The summed E-state index contributed by atoms with van der Waals surface area (Å²) in [5.74, 6) is -1.93. The molecule has 0 aliphatic carbocycles. The van der Waals surface area contributed by atoms with E-state index in [4.69, 9.17) is 0 Å². The highest BCUT2D eigenvalue weighted by Crippen LogP contribution is 2.32. The average Bonchev–Trinajstić information content (AvgIpc) is 2.34. The van der Waals surface area contributed by atoms with Gasteiger partial charge < -0.3 is 4.90 Å². The van der Waals surface area contributed by atoms with E-state index < -0.39 is 23.5 Å². The van der Waals surface area contributed by atoms with Gasteiger partial charge in [-0.15, -0.1) is 0 Å². The fraction of sp³-hybridized carbons (Fsp3) is 0.462. The second kappa shape index (κ2) is 6.56. The van der Waals surface area contributed by atoms with Crippen LogP contribution in [0.3, 0.4) is 0 Å². The van der Waals surface area contributed by atoms with Gasteiger partial charge in [0, 0.05) is 23.5 Å². The molecule has 0 N–H and O–H groups in total. The summed E-state index contributed by atoms with van der Waals surface area (Å²) >= 11 is 3.18. The van der Waals surface area contributed by atoms with Crippen LogP contribution in [-0.2, 0) is 6.18 Å². The average molecular weight is 356 g/mol. The molecular formula is C13H14BrF4NO. The summed E-state index contributed by atoms with van der Waals surface area (Å²) in [5, 5.41) is 0.504. The van der Waals surface area contributed by atoms with Crippen LogP contribution in [0.25, 0.3) is 0 Å². The molecule has 20 heavy (non-hydrogen) atoms. The Balaban J connectivity index is 3.17. The van der Waals surface area contributed by atoms with Crippen LogP contribution in [0.5, 0.6) is 0 Å². The van der Waals surface area contributed by atoms with Crippen molar-refractivity contribution in [3.8, 4) is 0 Å². The van der Waals surface area contributed by atoms with Crippen molar-refractivity contribution in [1.82, 2.24) is 4.90 Å². The van der Waals surface area contributed by atoms with Crippen LogP contribution < -0.4 is 0 Å². The van der Waals surface area contributed by atoms with Gasteiger partial charge in [0.2, 0.25) is 0 Å². The lowest BCUT2D eigenvalue weighted by Gasteiger charge is -2.26. The fourth-order valence-electron chi connectivity index (χ4n) is 1.73. The highest BCUT2D eigenvalue weighted by atomic mass is 79.9. The number of hydrogen-bond donors (Lipinski definition) is 0. The van der Waals surface area contributed by atoms with Gasteiger partial charge in [-0.25, -0.2) is 4.39 Å². The zero-order valence-electron chi connectivity index (χ0n) is 11.0. The van der Waals surface area contributed by atoms with Crippen LogP contribution in [0.15, 0.2) is 18.2 Å². The number of amides is 1. The zero-order valence-corrected chi connectivity index (χ0v) is 12.6. The Morgan fingerprint density at radius 1 is 1.35 bits per heavy atom. The van der Waals surface area contributed by atoms with E-state index in [0.717, 1.165) is 6.07 Å². The number of carbonyl (C=O) groups is 1. The van der Waals surface area contributed by atoms with Crippen molar-refractivity contribution in [2.45, 2.75) is 26.1 Å². The molecule has 1 rings (SSSR count). The SMILES string of the molecule is CC(C)N(CCBr)C(=O)c1ccc(F)c(C(F)(F)F)c1. The van der Waals surface area contributed by atoms with Crippen molar-refractivity contribution in [3.63, 3.8) is 0 Å². The minimum absolute atomic E-state index is 0.167. The number of alkyl halides is 4. The third-order valence-corrected chi connectivity index (χ3v) is 3.08. The minimum Gasteiger partial charge on any atom is -0.335 e. The van der Waals surface area contributed by atoms with Gasteiger partial charge in [-0.1, -0.05) is 15.9 Å². The molecule has 0 aliphatic heterocycles. The summed E-state index contributed by atoms with van der Waals surface area (Å²) in [7, 11) is 0. The van der Waals surface area contributed by atoms with Crippen LogP contribution in [0.1, 0.15) is 29.8 Å². The van der Waals surface area contributed by atoms with Crippen LogP contribution >= 0.6 is 15.9 Å². The molecule has 0 bridgehead atoms. The fourth-order valence-corrected chi connectivity index (χ4v) is 2.11. The number of benzene rings is 1. The highest BCUT2D eigenvalue weighted by Gasteiger charge is 2.35. The molecule has 112 valence electrons. The second-order valence-corrected chi connectivity index (χ2v) is 5.27. The molecule has 0 aliphatic rings. The van der Waals surface area contributed by atoms with E-state index in [9.17, 15) is 22.4 Å². The van der Waals surface area contributed by atoms with E-state index in [0.29, 0.717) is 24.0 Å². The van der Waals surface area contributed by atoms with E-state index in [1.807, 2.05) is 0 Å². The van der Waals surface area contributed by atoms with Gasteiger partial charge in [-0.05, 0) is 32.0 Å². The second-order valence-electron chi connectivity index (χ2n) is 4.47. The zero-order chi connectivity index (χ0) is 15.5. The summed E-state index contributed by atoms with van der Waals surface area (Å²) in [6.45, 7) is 3.87. The Morgan fingerprint density at radius 3 is 2.40 bits per heavy atom. The van der Waals surface area contributed by atoms with Crippen molar-refractivity contribution in [2.24, 2.45) is 0 Å². The maximum absolute atomic E-state index is 13.2. The highest BCUT2D eigenvalue weighted by molar-refractivity contribution is 9.09. The van der Waals surface area contributed by atoms with Crippen molar-refractivity contribution >= 4 is 21.8 Å². The molecule has 0 unspecified atom stereocenters. The van der Waals surface area contributed by atoms with Gasteiger partial charge in [0.25, 0.3) is 5.91 Å². The Morgan fingerprint density at radius 2 is 1.95 bits per heavy atom. The van der Waals surface area contributed by atoms with Gasteiger partial charge in [0.1, 0.15) is 5.82 Å². The quantitative estimate of drug-likeness (QED) is 0.588. The predicted molar refractivity (Wildman–Crippen MR) is 71.4 cm³/mol. The van der Waals surface area contributed by atoms with Crippen LogP contribution in [0, 0.1) is 5.82 Å². The molecule has 0 spiro atoms. The van der Waals surface area contributed by atoms with Crippen molar-refractivity contribution in [3.05, 3.63) is 35.1 Å². The van der Waals surface area contributed by atoms with Crippen molar-refractivity contribution < 1.29 is 22.4 Å². The van der Waals surface area contributed by atoms with Gasteiger partial charge in [-0.3, -0.25) is 4.79 Å². The largest absolute Gasteiger partial charge is 0.419 e. The molecule has 1 aromatic rings. The van der Waals surface area contributed by atoms with E-state index in [1.165, 1.54) is 4.90 Å². The molecule has 0 radical (unpaired) electrons. The maximum Gasteiger partial charge on any atom is 0.419 e. The van der Waals surface area contributed by atoms with E-state index in [1.54, 1.807) is 13.8 Å². The van der Waals surface area contributed by atoms with E-state index in [2.05, 4.69) is 15.9 Å². The van der Waals surface area contributed by atoms with Gasteiger partial charge in [0.15, 0.2) is 0 Å². The lowest BCUT2D eigenvalue weighted by molar-refractivity contribution is -0.140. The van der Waals surface area contributed by atoms with E-state index >= 15 is 0 Å². The Labute approximate surface area is 122 Å². The Kier molecular flexibility index (Phi) is 5.56. The number of rotatable bonds is 4. The molecule has 1 amide bonds. The normalized spacial score (nSPS) is 11.8. The molecule has 0 fully saturated rings. The number of nitrogens with zero attached hydrogens (tertiary/aromatic N) is 1. The first-order chi connectivity index (χ1) is 9.18. The van der Waals surface area contributed by atoms with Gasteiger partial charge >= 0.3 is 6.18 Å². The van der Waals surface area contributed by atoms with Crippen molar-refractivity contribution in [1.29, 1.82) is 0 Å². The lowest BCUT2D eigenvalue weighted by atomic mass is 10.1. The third-order valence-electron chi connectivity index (χ3n) is 2.73.